The van der Waals surface area contributed by atoms with Gasteiger partial charge in [0.2, 0.25) is 5.76 Å². The van der Waals surface area contributed by atoms with Gasteiger partial charge in [-0.15, -0.1) is 0 Å². The van der Waals surface area contributed by atoms with Gasteiger partial charge in [-0.2, -0.15) is 0 Å². The van der Waals surface area contributed by atoms with Crippen LogP contribution >= 0.6 is 0 Å². The van der Waals surface area contributed by atoms with Crippen LogP contribution in [0.3, 0.4) is 0 Å². The molecule has 0 atom stereocenters. The molecule has 1 aromatic carbocycles. The van der Waals surface area contributed by atoms with Crippen molar-refractivity contribution < 1.29 is 28.3 Å². The molecule has 1 aromatic heterocycles. The van der Waals surface area contributed by atoms with Crippen LogP contribution in [0.15, 0.2) is 46.9 Å². The predicted octanol–water partition coefficient (Wildman–Crippen LogP) is 2.25. The first-order valence-electron chi connectivity index (χ1n) is 8.10. The lowest BCUT2D eigenvalue weighted by molar-refractivity contribution is -0.123. The van der Waals surface area contributed by atoms with Crippen molar-refractivity contribution in [1.29, 1.82) is 0 Å². The lowest BCUT2D eigenvalue weighted by Gasteiger charge is -2.06. The van der Waals surface area contributed by atoms with E-state index in [1.165, 1.54) is 6.07 Å². The van der Waals surface area contributed by atoms with Gasteiger partial charge in [-0.1, -0.05) is 25.1 Å². The predicted molar refractivity (Wildman–Crippen MR) is 91.6 cm³/mol. The van der Waals surface area contributed by atoms with Gasteiger partial charge in [0.15, 0.2) is 6.61 Å². The Morgan fingerprint density at radius 3 is 2.58 bits per heavy atom. The minimum absolute atomic E-state index is 0.0557. The SMILES string of the molecule is CCCNC(=O)NC(=O)COC(=O)c1ccc(COc2ccccc2)o1. The van der Waals surface area contributed by atoms with Crippen LogP contribution in [-0.2, 0) is 16.1 Å². The van der Waals surface area contributed by atoms with E-state index in [0.717, 1.165) is 6.42 Å². The molecule has 0 radical (unpaired) electrons. The Morgan fingerprint density at radius 1 is 1.08 bits per heavy atom. The van der Waals surface area contributed by atoms with Gasteiger partial charge in [0.25, 0.3) is 5.91 Å². The first kappa shape index (κ1) is 19.0. The summed E-state index contributed by atoms with van der Waals surface area (Å²) >= 11 is 0. The third-order valence-electron chi connectivity index (χ3n) is 3.11. The van der Waals surface area contributed by atoms with E-state index < -0.39 is 24.5 Å². The highest BCUT2D eigenvalue weighted by atomic mass is 16.6. The third-order valence-corrected chi connectivity index (χ3v) is 3.11. The highest BCUT2D eigenvalue weighted by Crippen LogP contribution is 2.14. The molecule has 8 heteroatoms. The Bertz CT molecular complexity index is 741. The molecule has 0 spiro atoms. The molecule has 2 rings (SSSR count). The summed E-state index contributed by atoms with van der Waals surface area (Å²) in [4.78, 5) is 34.7. The third kappa shape index (κ3) is 6.31. The van der Waals surface area contributed by atoms with Crippen molar-refractivity contribution in [3.8, 4) is 5.75 Å². The first-order chi connectivity index (χ1) is 12.6. The number of amides is 3. The lowest BCUT2D eigenvalue weighted by atomic mass is 10.3. The van der Waals surface area contributed by atoms with E-state index >= 15 is 0 Å². The minimum Gasteiger partial charge on any atom is -0.486 e. The number of para-hydroxylation sites is 1. The van der Waals surface area contributed by atoms with E-state index in [9.17, 15) is 14.4 Å². The second-order valence-corrected chi connectivity index (χ2v) is 5.25. The molecule has 2 N–H and O–H groups in total. The topological polar surface area (TPSA) is 107 Å². The number of carbonyl (C=O) groups is 3. The molecule has 26 heavy (non-hydrogen) atoms. The molecule has 0 aliphatic carbocycles. The number of ether oxygens (including phenoxy) is 2. The van der Waals surface area contributed by atoms with E-state index in [4.69, 9.17) is 13.9 Å². The first-order valence-corrected chi connectivity index (χ1v) is 8.10. The van der Waals surface area contributed by atoms with E-state index in [1.807, 2.05) is 30.4 Å². The van der Waals surface area contributed by atoms with Crippen LogP contribution in [0.1, 0.15) is 29.7 Å². The second kappa shape index (κ2) is 9.87. The number of hydrogen-bond donors (Lipinski definition) is 2. The van der Waals surface area contributed by atoms with Crippen molar-refractivity contribution in [2.45, 2.75) is 20.0 Å². The number of rotatable bonds is 8. The maximum atomic E-state index is 11.9. The maximum absolute atomic E-state index is 11.9. The number of hydrogen-bond acceptors (Lipinski definition) is 6. The molecule has 0 saturated heterocycles. The molecular weight excluding hydrogens is 340 g/mol. The average Bonchev–Trinajstić information content (AvgIpc) is 3.13. The van der Waals surface area contributed by atoms with Crippen LogP contribution in [0, 0.1) is 0 Å². The highest BCUT2D eigenvalue weighted by Gasteiger charge is 2.16. The number of furan rings is 1. The van der Waals surface area contributed by atoms with Crippen molar-refractivity contribution in [2.75, 3.05) is 13.2 Å². The number of benzene rings is 1. The molecular formula is C18H20N2O6. The molecule has 0 aliphatic heterocycles. The smallest absolute Gasteiger partial charge is 0.374 e. The molecule has 2 aromatic rings. The maximum Gasteiger partial charge on any atom is 0.374 e. The zero-order valence-corrected chi connectivity index (χ0v) is 14.3. The number of imide groups is 1. The Labute approximate surface area is 150 Å². The summed E-state index contributed by atoms with van der Waals surface area (Å²) in [5.41, 5.74) is 0. The standard InChI is InChI=1S/C18H20N2O6/c1-2-10-19-18(23)20-16(21)12-25-17(22)15-9-8-14(26-15)11-24-13-6-4-3-5-7-13/h3-9H,2,10-12H2,1H3,(H2,19,20,21,23). The van der Waals surface area contributed by atoms with Gasteiger partial charge >= 0.3 is 12.0 Å². The van der Waals surface area contributed by atoms with Gasteiger partial charge in [-0.05, 0) is 30.7 Å². The van der Waals surface area contributed by atoms with E-state index in [-0.39, 0.29) is 12.4 Å². The summed E-state index contributed by atoms with van der Waals surface area (Å²) in [6.45, 7) is 1.88. The van der Waals surface area contributed by atoms with Crippen LogP contribution in [-0.4, -0.2) is 31.1 Å². The normalized spacial score (nSPS) is 10.0. The monoisotopic (exact) mass is 360 g/mol. The number of esters is 1. The Kier molecular flexibility index (Phi) is 7.23. The summed E-state index contributed by atoms with van der Waals surface area (Å²) in [5.74, 6) is -0.485. The van der Waals surface area contributed by atoms with Gasteiger partial charge in [0.1, 0.15) is 18.1 Å². The van der Waals surface area contributed by atoms with Crippen LogP contribution in [0.5, 0.6) is 5.75 Å². The molecule has 8 nitrogen and oxygen atoms in total. The molecule has 0 bridgehead atoms. The minimum atomic E-state index is -0.805. The largest absolute Gasteiger partial charge is 0.486 e. The van der Waals surface area contributed by atoms with Crippen molar-refractivity contribution in [3.63, 3.8) is 0 Å². The van der Waals surface area contributed by atoms with E-state index in [1.54, 1.807) is 18.2 Å². The zero-order chi connectivity index (χ0) is 18.8. The van der Waals surface area contributed by atoms with Gasteiger partial charge < -0.3 is 19.2 Å². The fourth-order valence-corrected chi connectivity index (χ4v) is 1.88. The highest BCUT2D eigenvalue weighted by molar-refractivity contribution is 5.96. The summed E-state index contributed by atoms with van der Waals surface area (Å²) in [7, 11) is 0. The van der Waals surface area contributed by atoms with Gasteiger partial charge in [-0.3, -0.25) is 10.1 Å². The lowest BCUT2D eigenvalue weighted by Crippen LogP contribution is -2.41. The Morgan fingerprint density at radius 2 is 1.85 bits per heavy atom. The number of nitrogens with one attached hydrogen (secondary N) is 2. The zero-order valence-electron chi connectivity index (χ0n) is 14.3. The number of urea groups is 1. The van der Waals surface area contributed by atoms with Crippen molar-refractivity contribution in [2.24, 2.45) is 0 Å². The molecule has 1 heterocycles. The molecule has 0 fully saturated rings. The Balaban J connectivity index is 1.75. The van der Waals surface area contributed by atoms with Gasteiger partial charge in [0.05, 0.1) is 0 Å². The molecule has 3 amide bonds. The van der Waals surface area contributed by atoms with E-state index in [2.05, 4.69) is 5.32 Å². The second-order valence-electron chi connectivity index (χ2n) is 5.25. The summed E-state index contributed by atoms with van der Waals surface area (Å²) < 4.78 is 15.6. The van der Waals surface area contributed by atoms with Crippen LogP contribution < -0.4 is 15.4 Å². The fraction of sp³-hybridized carbons (Fsp3) is 0.278. The van der Waals surface area contributed by atoms with Crippen LogP contribution in [0.2, 0.25) is 0 Å². The van der Waals surface area contributed by atoms with Crippen LogP contribution in [0.25, 0.3) is 0 Å². The van der Waals surface area contributed by atoms with E-state index in [0.29, 0.717) is 18.1 Å². The van der Waals surface area contributed by atoms with Crippen molar-refractivity contribution in [1.82, 2.24) is 10.6 Å². The number of carbonyl (C=O) groups excluding carboxylic acids is 3. The average molecular weight is 360 g/mol. The summed E-state index contributed by atoms with van der Waals surface area (Å²) in [6, 6.07) is 11.5. The summed E-state index contributed by atoms with van der Waals surface area (Å²) in [5, 5.41) is 4.52. The van der Waals surface area contributed by atoms with Gasteiger partial charge in [-0.25, -0.2) is 9.59 Å². The van der Waals surface area contributed by atoms with Crippen LogP contribution in [0.4, 0.5) is 4.79 Å². The summed E-state index contributed by atoms with van der Waals surface area (Å²) in [6.07, 6.45) is 0.741. The molecule has 138 valence electrons. The molecule has 0 aliphatic rings. The van der Waals surface area contributed by atoms with Crippen molar-refractivity contribution in [3.05, 3.63) is 54.0 Å². The fourth-order valence-electron chi connectivity index (χ4n) is 1.88. The quantitative estimate of drug-likeness (QED) is 0.699. The van der Waals surface area contributed by atoms with Crippen molar-refractivity contribution >= 4 is 17.9 Å². The van der Waals surface area contributed by atoms with Gasteiger partial charge in [0, 0.05) is 6.54 Å². The molecule has 0 unspecified atom stereocenters. The molecule has 0 saturated carbocycles. The Hall–Kier alpha value is -3.29.